The van der Waals surface area contributed by atoms with Crippen LogP contribution in [0.25, 0.3) is 0 Å². The molecular weight excluding hydrogens is 729 g/mol. The Morgan fingerprint density at radius 1 is 0.654 bits per heavy atom. The Bertz CT molecular complexity index is 1490. The molecule has 2 fully saturated rings. The molecule has 0 radical (unpaired) electrons. The third-order valence-electron chi connectivity index (χ3n) is 7.22. The number of likely N-dealkylation sites (tertiary alicyclic amines) is 2. The van der Waals surface area contributed by atoms with Crippen molar-refractivity contribution in [1.29, 1.82) is 0 Å². The van der Waals surface area contributed by atoms with Crippen LogP contribution in [0, 0.1) is 5.92 Å². The van der Waals surface area contributed by atoms with E-state index in [-0.39, 0.29) is 61.3 Å². The van der Waals surface area contributed by atoms with Crippen molar-refractivity contribution >= 4 is 35.2 Å². The molecule has 0 spiro atoms. The molecule has 0 amide bonds. The zero-order valence-electron chi connectivity index (χ0n) is 27.0. The SMILES string of the molecule is CC1CN(C(N)=NC(N)=Nc2ccc(OC(F)(F)F)cc2)CCC1(F)F.NC(=Nc1ccc(OC(F)(F)F)cc1)N=C(N)N1CCC(F)(F)C(F)C1. The van der Waals surface area contributed by atoms with E-state index in [0.29, 0.717) is 0 Å². The first-order chi connectivity index (χ1) is 23.9. The van der Waals surface area contributed by atoms with E-state index in [1.165, 1.54) is 36.1 Å². The van der Waals surface area contributed by atoms with Crippen LogP contribution in [-0.2, 0) is 0 Å². The number of alkyl halides is 11. The maximum atomic E-state index is 13.5. The van der Waals surface area contributed by atoms with Gasteiger partial charge >= 0.3 is 12.7 Å². The van der Waals surface area contributed by atoms with Gasteiger partial charge in [0.25, 0.3) is 11.8 Å². The van der Waals surface area contributed by atoms with E-state index in [9.17, 15) is 48.3 Å². The van der Waals surface area contributed by atoms with Gasteiger partial charge in [0, 0.05) is 38.4 Å². The molecule has 2 aliphatic heterocycles. The van der Waals surface area contributed by atoms with Crippen LogP contribution in [0.2, 0.25) is 0 Å². The first kappa shape index (κ1) is 41.2. The van der Waals surface area contributed by atoms with Crippen molar-refractivity contribution < 1.29 is 57.8 Å². The van der Waals surface area contributed by atoms with Gasteiger partial charge in [-0.25, -0.2) is 31.9 Å². The maximum Gasteiger partial charge on any atom is 0.573 e. The van der Waals surface area contributed by atoms with Crippen molar-refractivity contribution in [2.75, 3.05) is 26.2 Å². The van der Waals surface area contributed by atoms with Crippen LogP contribution in [0.15, 0.2) is 68.5 Å². The van der Waals surface area contributed by atoms with Gasteiger partial charge < -0.3 is 42.2 Å². The van der Waals surface area contributed by atoms with Gasteiger partial charge in [-0.05, 0) is 48.5 Å². The number of guanidine groups is 4. The summed E-state index contributed by atoms with van der Waals surface area (Å²) in [5, 5.41) is 0. The predicted octanol–water partition coefficient (Wildman–Crippen LogP) is 5.35. The molecule has 2 heterocycles. The first-order valence-corrected chi connectivity index (χ1v) is 14.9. The Labute approximate surface area is 288 Å². The average molecular weight is 763 g/mol. The fraction of sp³-hybridized carbons (Fsp3) is 0.448. The second-order valence-corrected chi connectivity index (χ2v) is 11.2. The molecular formula is C29H33F11N10O2. The van der Waals surface area contributed by atoms with Crippen molar-refractivity contribution in [2.45, 2.75) is 50.5 Å². The highest BCUT2D eigenvalue weighted by molar-refractivity contribution is 5.95. The number of nitrogens with zero attached hydrogens (tertiary/aromatic N) is 6. The summed E-state index contributed by atoms with van der Waals surface area (Å²) in [6.07, 6.45) is -13.1. The van der Waals surface area contributed by atoms with Gasteiger partial charge in [-0.1, -0.05) is 6.92 Å². The van der Waals surface area contributed by atoms with Gasteiger partial charge in [0.15, 0.2) is 18.1 Å². The van der Waals surface area contributed by atoms with E-state index in [4.69, 9.17) is 22.9 Å². The molecule has 0 aliphatic carbocycles. The molecule has 0 aromatic heterocycles. The van der Waals surface area contributed by atoms with E-state index in [1.807, 2.05) is 0 Å². The summed E-state index contributed by atoms with van der Waals surface area (Å²) in [6, 6.07) is 9.08. The Morgan fingerprint density at radius 2 is 1.02 bits per heavy atom. The molecule has 23 heteroatoms. The van der Waals surface area contributed by atoms with Crippen LogP contribution in [-0.4, -0.2) is 90.6 Å². The molecule has 2 aliphatic rings. The summed E-state index contributed by atoms with van der Waals surface area (Å²) in [7, 11) is 0. The molecule has 2 aromatic rings. The van der Waals surface area contributed by atoms with Crippen LogP contribution in [0.4, 0.5) is 59.7 Å². The van der Waals surface area contributed by atoms with Gasteiger partial charge in [0.1, 0.15) is 11.5 Å². The number of nitrogens with two attached hydrogens (primary N) is 4. The maximum absolute atomic E-state index is 13.5. The smallest absolute Gasteiger partial charge is 0.406 e. The Hall–Kier alpha value is -5.25. The number of halogens is 11. The van der Waals surface area contributed by atoms with E-state index in [2.05, 4.69) is 29.4 Å². The summed E-state index contributed by atoms with van der Waals surface area (Å²) < 4.78 is 146. The quantitative estimate of drug-likeness (QED) is 0.183. The number of piperidine rings is 2. The standard InChI is InChI=1S/C15H18F5N5O.C14H15F6N5O/c1-9-8-25(7-6-14(9,16)17)13(22)24-12(21)23-10-2-4-11(5-3-10)26-15(18,19)20;15-10-7-25(6-5-13(10,16)17)12(22)24-11(21)23-8-1-3-9(4-2-8)26-14(18,19)20/h2-5,9H,6-8H2,1H3,(H4,21,22,23,24);1-4,10H,5-7H2,(H4,21,22,23,24). The molecule has 12 nitrogen and oxygen atoms in total. The molecule has 288 valence electrons. The highest BCUT2D eigenvalue weighted by atomic mass is 19.4. The van der Waals surface area contributed by atoms with Gasteiger partial charge in [0.05, 0.1) is 17.9 Å². The van der Waals surface area contributed by atoms with Gasteiger partial charge in [-0.2, -0.15) is 9.98 Å². The van der Waals surface area contributed by atoms with E-state index < -0.39 is 61.1 Å². The molecule has 2 unspecified atom stereocenters. The highest BCUT2D eigenvalue weighted by Crippen LogP contribution is 2.33. The van der Waals surface area contributed by atoms with Crippen molar-refractivity contribution in [2.24, 2.45) is 48.8 Å². The van der Waals surface area contributed by atoms with Crippen molar-refractivity contribution in [3.8, 4) is 11.5 Å². The minimum Gasteiger partial charge on any atom is -0.406 e. The van der Waals surface area contributed by atoms with Crippen LogP contribution in [0.3, 0.4) is 0 Å². The second kappa shape index (κ2) is 16.4. The van der Waals surface area contributed by atoms with E-state index in [1.54, 1.807) is 0 Å². The lowest BCUT2D eigenvalue weighted by Gasteiger charge is -2.37. The van der Waals surface area contributed by atoms with E-state index in [0.717, 1.165) is 29.2 Å². The number of benzene rings is 2. The number of rotatable bonds is 4. The molecule has 2 aromatic carbocycles. The molecule has 52 heavy (non-hydrogen) atoms. The minimum absolute atomic E-state index is 0.0269. The largest absolute Gasteiger partial charge is 0.573 e. The number of aliphatic imine (C=N–C) groups is 4. The molecule has 8 N–H and O–H groups in total. The average Bonchev–Trinajstić information content (AvgIpc) is 3.00. The predicted molar refractivity (Wildman–Crippen MR) is 168 cm³/mol. The molecule has 4 rings (SSSR count). The Morgan fingerprint density at radius 3 is 1.37 bits per heavy atom. The van der Waals surface area contributed by atoms with Gasteiger partial charge in [-0.15, -0.1) is 26.3 Å². The van der Waals surface area contributed by atoms with Crippen LogP contribution in [0.5, 0.6) is 11.5 Å². The Kier molecular flexibility index (Phi) is 13.0. The Balaban J connectivity index is 0.000000280. The summed E-state index contributed by atoms with van der Waals surface area (Å²) in [5.74, 6) is -8.87. The van der Waals surface area contributed by atoms with Gasteiger partial charge in [0.2, 0.25) is 11.9 Å². The zero-order chi connectivity index (χ0) is 39.1. The van der Waals surface area contributed by atoms with Gasteiger partial charge in [-0.3, -0.25) is 0 Å². The van der Waals surface area contributed by atoms with Crippen LogP contribution < -0.4 is 32.4 Å². The third kappa shape index (κ3) is 13.1. The normalized spacial score (nSPS) is 21.6. The van der Waals surface area contributed by atoms with Crippen molar-refractivity contribution in [1.82, 2.24) is 9.80 Å². The van der Waals surface area contributed by atoms with Crippen LogP contribution in [0.1, 0.15) is 19.8 Å². The zero-order valence-corrected chi connectivity index (χ0v) is 27.0. The first-order valence-electron chi connectivity index (χ1n) is 14.9. The summed E-state index contributed by atoms with van der Waals surface area (Å²) in [6.45, 7) is 0.628. The number of hydrogen-bond donors (Lipinski definition) is 4. The monoisotopic (exact) mass is 762 g/mol. The third-order valence-corrected chi connectivity index (χ3v) is 7.22. The summed E-state index contributed by atoms with van der Waals surface area (Å²) in [4.78, 5) is 17.8. The molecule has 2 saturated heterocycles. The lowest BCUT2D eigenvalue weighted by Crippen LogP contribution is -2.53. The lowest BCUT2D eigenvalue weighted by molar-refractivity contribution is -0.275. The molecule has 0 bridgehead atoms. The lowest BCUT2D eigenvalue weighted by atomic mass is 9.96. The van der Waals surface area contributed by atoms with Crippen molar-refractivity contribution in [3.63, 3.8) is 0 Å². The summed E-state index contributed by atoms with van der Waals surface area (Å²) in [5.41, 5.74) is 22.9. The molecule has 0 saturated carbocycles. The van der Waals surface area contributed by atoms with Crippen LogP contribution >= 0.6 is 0 Å². The minimum atomic E-state index is -4.82. The fourth-order valence-corrected chi connectivity index (χ4v) is 4.50. The van der Waals surface area contributed by atoms with E-state index >= 15 is 0 Å². The highest BCUT2D eigenvalue weighted by Gasteiger charge is 2.45. The molecule has 2 atom stereocenters. The topological polar surface area (TPSA) is 178 Å². The second-order valence-electron chi connectivity index (χ2n) is 11.2. The number of ether oxygens (including phenoxy) is 2. The fourth-order valence-electron chi connectivity index (χ4n) is 4.50. The number of hydrogen-bond acceptors (Lipinski definition) is 4. The summed E-state index contributed by atoms with van der Waals surface area (Å²) >= 11 is 0. The van der Waals surface area contributed by atoms with Crippen molar-refractivity contribution in [3.05, 3.63) is 48.5 Å².